The summed E-state index contributed by atoms with van der Waals surface area (Å²) in [6.07, 6.45) is 2.06. The van der Waals surface area contributed by atoms with Gasteiger partial charge in [0, 0.05) is 6.04 Å². The SMILES string of the molecule is CCC(C)CC(N)c1ccc(F)c(Br)c1. The highest BCUT2D eigenvalue weighted by Gasteiger charge is 2.11. The van der Waals surface area contributed by atoms with E-state index in [1.165, 1.54) is 6.07 Å². The third kappa shape index (κ3) is 3.58. The molecule has 2 N–H and O–H groups in total. The molecule has 0 saturated heterocycles. The molecule has 0 aliphatic carbocycles. The standard InChI is InChI=1S/C12H17BrFN/c1-3-8(2)6-12(15)9-4-5-11(14)10(13)7-9/h4-5,7-8,12H,3,6,15H2,1-2H3. The number of hydrogen-bond donors (Lipinski definition) is 1. The Bertz CT molecular complexity index is 327. The zero-order chi connectivity index (χ0) is 11.4. The highest BCUT2D eigenvalue weighted by Crippen LogP contribution is 2.24. The van der Waals surface area contributed by atoms with Crippen molar-refractivity contribution in [3.05, 3.63) is 34.1 Å². The van der Waals surface area contributed by atoms with Gasteiger partial charge in [-0.25, -0.2) is 4.39 Å². The van der Waals surface area contributed by atoms with Crippen molar-refractivity contribution in [2.24, 2.45) is 11.7 Å². The lowest BCUT2D eigenvalue weighted by Crippen LogP contribution is -2.13. The van der Waals surface area contributed by atoms with Crippen molar-refractivity contribution in [1.82, 2.24) is 0 Å². The fraction of sp³-hybridized carbons (Fsp3) is 0.500. The van der Waals surface area contributed by atoms with Crippen LogP contribution in [0.25, 0.3) is 0 Å². The second-order valence-electron chi connectivity index (χ2n) is 4.03. The minimum Gasteiger partial charge on any atom is -0.324 e. The van der Waals surface area contributed by atoms with Crippen LogP contribution in [0.2, 0.25) is 0 Å². The fourth-order valence-electron chi connectivity index (χ4n) is 1.48. The average molecular weight is 274 g/mol. The molecule has 0 aromatic heterocycles. The largest absolute Gasteiger partial charge is 0.324 e. The van der Waals surface area contributed by atoms with Crippen LogP contribution in [0.3, 0.4) is 0 Å². The van der Waals surface area contributed by atoms with E-state index in [9.17, 15) is 4.39 Å². The lowest BCUT2D eigenvalue weighted by atomic mass is 9.95. The fourth-order valence-corrected chi connectivity index (χ4v) is 1.88. The highest BCUT2D eigenvalue weighted by molar-refractivity contribution is 9.10. The Morgan fingerprint density at radius 3 is 2.67 bits per heavy atom. The van der Waals surface area contributed by atoms with Gasteiger partial charge in [-0.3, -0.25) is 0 Å². The molecule has 0 aliphatic rings. The van der Waals surface area contributed by atoms with E-state index in [0.717, 1.165) is 18.4 Å². The van der Waals surface area contributed by atoms with Crippen molar-refractivity contribution in [2.45, 2.75) is 32.7 Å². The zero-order valence-corrected chi connectivity index (χ0v) is 10.7. The van der Waals surface area contributed by atoms with Gasteiger partial charge in [-0.05, 0) is 46.0 Å². The maximum atomic E-state index is 13.0. The van der Waals surface area contributed by atoms with Gasteiger partial charge in [-0.2, -0.15) is 0 Å². The van der Waals surface area contributed by atoms with Crippen LogP contribution in [-0.4, -0.2) is 0 Å². The van der Waals surface area contributed by atoms with Crippen LogP contribution in [0.4, 0.5) is 4.39 Å². The molecule has 0 aliphatic heterocycles. The maximum absolute atomic E-state index is 13.0. The first-order chi connectivity index (χ1) is 7.04. The molecule has 84 valence electrons. The summed E-state index contributed by atoms with van der Waals surface area (Å²) in [5.41, 5.74) is 7.04. The molecule has 0 saturated carbocycles. The van der Waals surface area contributed by atoms with Crippen molar-refractivity contribution in [3.63, 3.8) is 0 Å². The van der Waals surface area contributed by atoms with E-state index in [-0.39, 0.29) is 11.9 Å². The molecule has 2 unspecified atom stereocenters. The first-order valence-corrected chi connectivity index (χ1v) is 6.04. The van der Waals surface area contributed by atoms with Crippen LogP contribution in [0.5, 0.6) is 0 Å². The van der Waals surface area contributed by atoms with Crippen LogP contribution in [0, 0.1) is 11.7 Å². The van der Waals surface area contributed by atoms with Gasteiger partial charge >= 0.3 is 0 Å². The predicted molar refractivity (Wildman–Crippen MR) is 65.1 cm³/mol. The summed E-state index contributed by atoms with van der Waals surface area (Å²) in [6, 6.07) is 4.97. The van der Waals surface area contributed by atoms with E-state index in [4.69, 9.17) is 5.73 Å². The predicted octanol–water partition coefficient (Wildman–Crippen LogP) is 4.02. The van der Waals surface area contributed by atoms with Gasteiger partial charge in [0.2, 0.25) is 0 Å². The van der Waals surface area contributed by atoms with Crippen molar-refractivity contribution in [1.29, 1.82) is 0 Å². The lowest BCUT2D eigenvalue weighted by Gasteiger charge is -2.16. The molecule has 1 aromatic carbocycles. The number of hydrogen-bond acceptors (Lipinski definition) is 1. The minimum atomic E-state index is -0.241. The molecule has 2 atom stereocenters. The molecule has 1 aromatic rings. The third-order valence-corrected chi connectivity index (χ3v) is 3.33. The molecular weight excluding hydrogens is 257 g/mol. The van der Waals surface area contributed by atoms with Crippen molar-refractivity contribution < 1.29 is 4.39 Å². The molecule has 1 rings (SSSR count). The highest BCUT2D eigenvalue weighted by atomic mass is 79.9. The summed E-state index contributed by atoms with van der Waals surface area (Å²) < 4.78 is 13.5. The molecular formula is C12H17BrFN. The molecule has 0 amide bonds. The van der Waals surface area contributed by atoms with Crippen LogP contribution in [0.1, 0.15) is 38.3 Å². The molecule has 1 nitrogen and oxygen atoms in total. The Labute approximate surface area is 99.0 Å². The second-order valence-corrected chi connectivity index (χ2v) is 4.88. The van der Waals surface area contributed by atoms with E-state index in [0.29, 0.717) is 10.4 Å². The number of benzene rings is 1. The molecule has 3 heteroatoms. The zero-order valence-electron chi connectivity index (χ0n) is 9.13. The van der Waals surface area contributed by atoms with Gasteiger partial charge in [0.05, 0.1) is 4.47 Å². The second kappa shape index (κ2) is 5.61. The van der Waals surface area contributed by atoms with Crippen molar-refractivity contribution in [2.75, 3.05) is 0 Å². The molecule has 0 heterocycles. The first kappa shape index (κ1) is 12.7. The normalized spacial score (nSPS) is 15.0. The average Bonchev–Trinajstić information content (AvgIpc) is 2.21. The van der Waals surface area contributed by atoms with Crippen LogP contribution < -0.4 is 5.73 Å². The maximum Gasteiger partial charge on any atom is 0.137 e. The van der Waals surface area contributed by atoms with E-state index in [1.807, 2.05) is 0 Å². The van der Waals surface area contributed by atoms with Crippen LogP contribution in [-0.2, 0) is 0 Å². The third-order valence-electron chi connectivity index (χ3n) is 2.73. The Kier molecular flexibility index (Phi) is 4.74. The topological polar surface area (TPSA) is 26.0 Å². The smallest absolute Gasteiger partial charge is 0.137 e. The van der Waals surface area contributed by atoms with Crippen molar-refractivity contribution >= 4 is 15.9 Å². The van der Waals surface area contributed by atoms with Gasteiger partial charge in [0.25, 0.3) is 0 Å². The summed E-state index contributed by atoms with van der Waals surface area (Å²) in [6.45, 7) is 4.33. The Morgan fingerprint density at radius 2 is 2.13 bits per heavy atom. The monoisotopic (exact) mass is 273 g/mol. The summed E-state index contributed by atoms with van der Waals surface area (Å²) in [5, 5.41) is 0. The van der Waals surface area contributed by atoms with Crippen molar-refractivity contribution in [3.8, 4) is 0 Å². The summed E-state index contributed by atoms with van der Waals surface area (Å²) in [5.74, 6) is 0.360. The summed E-state index contributed by atoms with van der Waals surface area (Å²) >= 11 is 3.17. The molecule has 0 fully saturated rings. The first-order valence-electron chi connectivity index (χ1n) is 5.25. The van der Waals surface area contributed by atoms with Gasteiger partial charge in [0.15, 0.2) is 0 Å². The molecule has 0 bridgehead atoms. The van der Waals surface area contributed by atoms with Crippen LogP contribution in [0.15, 0.2) is 22.7 Å². The van der Waals surface area contributed by atoms with Gasteiger partial charge in [-0.1, -0.05) is 26.3 Å². The van der Waals surface area contributed by atoms with E-state index >= 15 is 0 Å². The summed E-state index contributed by atoms with van der Waals surface area (Å²) in [7, 11) is 0. The minimum absolute atomic E-state index is 0.00292. The quantitative estimate of drug-likeness (QED) is 0.881. The molecule has 0 spiro atoms. The number of nitrogens with two attached hydrogens (primary N) is 1. The van der Waals surface area contributed by atoms with Crippen LogP contribution >= 0.6 is 15.9 Å². The molecule has 0 radical (unpaired) electrons. The molecule has 15 heavy (non-hydrogen) atoms. The number of rotatable bonds is 4. The van der Waals surface area contributed by atoms with Gasteiger partial charge < -0.3 is 5.73 Å². The summed E-state index contributed by atoms with van der Waals surface area (Å²) in [4.78, 5) is 0. The Balaban J connectivity index is 2.73. The van der Waals surface area contributed by atoms with Gasteiger partial charge in [-0.15, -0.1) is 0 Å². The Morgan fingerprint density at radius 1 is 1.47 bits per heavy atom. The van der Waals surface area contributed by atoms with E-state index < -0.39 is 0 Å². The van der Waals surface area contributed by atoms with Gasteiger partial charge in [0.1, 0.15) is 5.82 Å². The number of halogens is 2. The Hall–Kier alpha value is -0.410. The van der Waals surface area contributed by atoms with E-state index in [2.05, 4.69) is 29.8 Å². The lowest BCUT2D eigenvalue weighted by molar-refractivity contribution is 0.461. The van der Waals surface area contributed by atoms with E-state index in [1.54, 1.807) is 12.1 Å².